The fourth-order valence-corrected chi connectivity index (χ4v) is 1.90. The fraction of sp³-hybridized carbons (Fsp3) is 0.357. The zero-order valence-electron chi connectivity index (χ0n) is 12.0. The summed E-state index contributed by atoms with van der Waals surface area (Å²) in [5, 5.41) is 5.27. The van der Waals surface area contributed by atoms with Crippen LogP contribution in [-0.4, -0.2) is 48.0 Å². The number of amides is 2. The van der Waals surface area contributed by atoms with Gasteiger partial charge in [-0.1, -0.05) is 6.07 Å². The molecule has 2 heterocycles. The first kappa shape index (κ1) is 15.0. The second kappa shape index (κ2) is 6.85. The number of hydrogen-bond donors (Lipinski definition) is 2. The predicted octanol–water partition coefficient (Wildman–Crippen LogP) is 0.460. The molecule has 7 nitrogen and oxygen atoms in total. The van der Waals surface area contributed by atoms with Crippen molar-refractivity contribution < 1.29 is 14.3 Å². The van der Waals surface area contributed by atoms with E-state index in [1.807, 2.05) is 6.92 Å². The minimum atomic E-state index is -0.291. The number of fused-ring (bicyclic) bond motifs is 1. The van der Waals surface area contributed by atoms with Crippen LogP contribution in [0.1, 0.15) is 27.9 Å². The van der Waals surface area contributed by atoms with Gasteiger partial charge < -0.3 is 15.4 Å². The summed E-state index contributed by atoms with van der Waals surface area (Å²) in [4.78, 5) is 28.0. The highest BCUT2D eigenvalue weighted by Gasteiger charge is 2.14. The molecule has 2 aromatic rings. The molecule has 0 radical (unpaired) electrons. The van der Waals surface area contributed by atoms with Crippen molar-refractivity contribution in [2.45, 2.75) is 6.92 Å². The molecular formula is C14H18N4O3. The van der Waals surface area contributed by atoms with Crippen molar-refractivity contribution in [1.82, 2.24) is 20.0 Å². The first-order chi connectivity index (χ1) is 10.2. The standard InChI is InChI=1S/C14H18N4O3/c1-3-21-8-7-16-13(19)10-9-18-11(14(20)15-2)5-4-6-12(18)17-10/h4-6,9H,3,7-8H2,1-2H3,(H,15,20)(H,16,19). The average molecular weight is 290 g/mol. The van der Waals surface area contributed by atoms with Gasteiger partial charge in [0.15, 0.2) is 0 Å². The van der Waals surface area contributed by atoms with E-state index in [0.717, 1.165) is 0 Å². The van der Waals surface area contributed by atoms with E-state index in [1.165, 1.54) is 0 Å². The van der Waals surface area contributed by atoms with Crippen molar-refractivity contribution in [2.24, 2.45) is 0 Å². The van der Waals surface area contributed by atoms with Gasteiger partial charge in [-0.2, -0.15) is 0 Å². The number of imidazole rings is 1. The van der Waals surface area contributed by atoms with Gasteiger partial charge in [0.25, 0.3) is 11.8 Å². The van der Waals surface area contributed by atoms with Crippen LogP contribution >= 0.6 is 0 Å². The van der Waals surface area contributed by atoms with Gasteiger partial charge in [-0.15, -0.1) is 0 Å². The lowest BCUT2D eigenvalue weighted by molar-refractivity contribution is 0.0916. The van der Waals surface area contributed by atoms with Gasteiger partial charge in [0.05, 0.1) is 6.61 Å². The normalized spacial score (nSPS) is 10.6. The Labute approximate surface area is 122 Å². The summed E-state index contributed by atoms with van der Waals surface area (Å²) in [6, 6.07) is 5.14. The molecule has 0 aromatic carbocycles. The SMILES string of the molecule is CCOCCNC(=O)c1cn2c(C(=O)NC)cccc2n1. The van der Waals surface area contributed by atoms with Crippen molar-refractivity contribution in [1.29, 1.82) is 0 Å². The lowest BCUT2D eigenvalue weighted by atomic mass is 10.3. The Balaban J connectivity index is 2.18. The Morgan fingerprint density at radius 2 is 2.14 bits per heavy atom. The molecule has 21 heavy (non-hydrogen) atoms. The first-order valence-electron chi connectivity index (χ1n) is 6.73. The Bertz CT molecular complexity index is 651. The second-order valence-corrected chi connectivity index (χ2v) is 4.30. The number of carbonyl (C=O) groups excluding carboxylic acids is 2. The molecule has 0 aliphatic rings. The summed E-state index contributed by atoms with van der Waals surface area (Å²) in [6.45, 7) is 3.38. The molecule has 0 aliphatic carbocycles. The number of rotatable bonds is 6. The van der Waals surface area contributed by atoms with Crippen molar-refractivity contribution in [3.8, 4) is 0 Å². The minimum absolute atomic E-state index is 0.235. The van der Waals surface area contributed by atoms with E-state index < -0.39 is 0 Å². The van der Waals surface area contributed by atoms with Crippen LogP contribution in [0.3, 0.4) is 0 Å². The molecule has 0 unspecified atom stereocenters. The molecule has 0 aliphatic heterocycles. The van der Waals surface area contributed by atoms with Crippen LogP contribution in [0.15, 0.2) is 24.4 Å². The summed E-state index contributed by atoms with van der Waals surface area (Å²) in [5.74, 6) is -0.525. The fourth-order valence-electron chi connectivity index (χ4n) is 1.90. The predicted molar refractivity (Wildman–Crippen MR) is 77.4 cm³/mol. The smallest absolute Gasteiger partial charge is 0.271 e. The molecular weight excluding hydrogens is 272 g/mol. The third kappa shape index (κ3) is 3.38. The molecule has 7 heteroatoms. The van der Waals surface area contributed by atoms with Crippen LogP contribution in [0.25, 0.3) is 5.65 Å². The zero-order valence-corrected chi connectivity index (χ0v) is 12.0. The molecule has 2 N–H and O–H groups in total. The van der Waals surface area contributed by atoms with E-state index in [1.54, 1.807) is 35.8 Å². The maximum Gasteiger partial charge on any atom is 0.271 e. The second-order valence-electron chi connectivity index (χ2n) is 4.30. The minimum Gasteiger partial charge on any atom is -0.380 e. The van der Waals surface area contributed by atoms with Gasteiger partial charge in [-0.3, -0.25) is 14.0 Å². The van der Waals surface area contributed by atoms with E-state index >= 15 is 0 Å². The van der Waals surface area contributed by atoms with E-state index in [2.05, 4.69) is 15.6 Å². The van der Waals surface area contributed by atoms with E-state index in [0.29, 0.717) is 31.1 Å². The lowest BCUT2D eigenvalue weighted by Gasteiger charge is -2.03. The highest BCUT2D eigenvalue weighted by Crippen LogP contribution is 2.09. The third-order valence-electron chi connectivity index (χ3n) is 2.92. The number of pyridine rings is 1. The highest BCUT2D eigenvalue weighted by atomic mass is 16.5. The van der Waals surface area contributed by atoms with Gasteiger partial charge in [-0.25, -0.2) is 4.98 Å². The van der Waals surface area contributed by atoms with Crippen molar-refractivity contribution >= 4 is 17.5 Å². The summed E-state index contributed by atoms with van der Waals surface area (Å²) in [6.07, 6.45) is 1.55. The summed E-state index contributed by atoms with van der Waals surface area (Å²) < 4.78 is 6.74. The Morgan fingerprint density at radius 1 is 1.33 bits per heavy atom. The van der Waals surface area contributed by atoms with Crippen LogP contribution < -0.4 is 10.6 Å². The maximum absolute atomic E-state index is 12.0. The Morgan fingerprint density at radius 3 is 2.86 bits per heavy atom. The molecule has 0 atom stereocenters. The van der Waals surface area contributed by atoms with Crippen LogP contribution in [-0.2, 0) is 4.74 Å². The molecule has 0 spiro atoms. The summed E-state index contributed by atoms with van der Waals surface area (Å²) in [7, 11) is 1.56. The average Bonchev–Trinajstić information content (AvgIpc) is 2.94. The van der Waals surface area contributed by atoms with Crippen LogP contribution in [0.5, 0.6) is 0 Å². The number of aromatic nitrogens is 2. The van der Waals surface area contributed by atoms with Crippen molar-refractivity contribution in [3.63, 3.8) is 0 Å². The number of nitrogens with one attached hydrogen (secondary N) is 2. The first-order valence-corrected chi connectivity index (χ1v) is 6.73. The monoisotopic (exact) mass is 290 g/mol. The molecule has 112 valence electrons. The maximum atomic E-state index is 12.0. The Kier molecular flexibility index (Phi) is 4.89. The molecule has 2 amide bonds. The molecule has 0 fully saturated rings. The number of ether oxygens (including phenoxy) is 1. The van der Waals surface area contributed by atoms with Gasteiger partial charge in [0, 0.05) is 26.4 Å². The molecule has 0 saturated carbocycles. The highest BCUT2D eigenvalue weighted by molar-refractivity contribution is 5.95. The van der Waals surface area contributed by atoms with Gasteiger partial charge in [0.2, 0.25) is 0 Å². The summed E-state index contributed by atoms with van der Waals surface area (Å²) >= 11 is 0. The van der Waals surface area contributed by atoms with Crippen LogP contribution in [0.2, 0.25) is 0 Å². The Hall–Kier alpha value is -2.41. The van der Waals surface area contributed by atoms with Crippen LogP contribution in [0.4, 0.5) is 0 Å². The van der Waals surface area contributed by atoms with Gasteiger partial charge in [-0.05, 0) is 19.1 Å². The largest absolute Gasteiger partial charge is 0.380 e. The number of carbonyl (C=O) groups is 2. The van der Waals surface area contributed by atoms with E-state index in [4.69, 9.17) is 4.74 Å². The summed E-state index contributed by atoms with van der Waals surface area (Å²) in [5.41, 5.74) is 1.24. The molecule has 2 rings (SSSR count). The van der Waals surface area contributed by atoms with Gasteiger partial charge in [0.1, 0.15) is 17.0 Å². The molecule has 2 aromatic heterocycles. The van der Waals surface area contributed by atoms with E-state index in [9.17, 15) is 9.59 Å². The quantitative estimate of drug-likeness (QED) is 0.757. The topological polar surface area (TPSA) is 84.7 Å². The van der Waals surface area contributed by atoms with Crippen molar-refractivity contribution in [2.75, 3.05) is 26.8 Å². The van der Waals surface area contributed by atoms with Crippen molar-refractivity contribution in [3.05, 3.63) is 35.8 Å². The van der Waals surface area contributed by atoms with Gasteiger partial charge >= 0.3 is 0 Å². The zero-order chi connectivity index (χ0) is 15.2. The molecule has 0 bridgehead atoms. The molecule has 0 saturated heterocycles. The number of nitrogens with zero attached hydrogens (tertiary/aromatic N) is 2. The van der Waals surface area contributed by atoms with Crippen LogP contribution in [0, 0.1) is 0 Å². The third-order valence-corrected chi connectivity index (χ3v) is 2.92. The number of hydrogen-bond acceptors (Lipinski definition) is 4. The van der Waals surface area contributed by atoms with E-state index in [-0.39, 0.29) is 17.5 Å². The lowest BCUT2D eigenvalue weighted by Crippen LogP contribution is -2.27.